The first kappa shape index (κ1) is 23.6. The third-order valence-corrected chi connectivity index (χ3v) is 4.28. The first-order valence-electron chi connectivity index (χ1n) is 9.99. The number of ketones is 2. The van der Waals surface area contributed by atoms with Gasteiger partial charge in [-0.15, -0.1) is 0 Å². The minimum absolute atomic E-state index is 0.100. The van der Waals surface area contributed by atoms with Gasteiger partial charge in [0.15, 0.2) is 5.78 Å². The molecule has 0 aromatic heterocycles. The van der Waals surface area contributed by atoms with Gasteiger partial charge in [-0.2, -0.15) is 0 Å². The highest BCUT2D eigenvalue weighted by atomic mass is 16.2. The van der Waals surface area contributed by atoms with Crippen LogP contribution in [0, 0.1) is 0 Å². The minimum Gasteiger partial charge on any atom is -0.376 e. The number of amides is 1. The van der Waals surface area contributed by atoms with Crippen molar-refractivity contribution in [2.75, 3.05) is 31.5 Å². The number of nitrogens with one attached hydrogen (secondary N) is 3. The van der Waals surface area contributed by atoms with E-state index in [1.807, 2.05) is 12.1 Å². The molecule has 6 nitrogen and oxygen atoms in total. The van der Waals surface area contributed by atoms with Crippen molar-refractivity contribution < 1.29 is 14.4 Å². The van der Waals surface area contributed by atoms with Gasteiger partial charge in [-0.3, -0.25) is 14.4 Å². The van der Waals surface area contributed by atoms with Crippen LogP contribution in [0.25, 0.3) is 6.08 Å². The summed E-state index contributed by atoms with van der Waals surface area (Å²) < 4.78 is 0. The van der Waals surface area contributed by atoms with Gasteiger partial charge in [0.2, 0.25) is 5.91 Å². The van der Waals surface area contributed by atoms with E-state index in [0.717, 1.165) is 43.5 Å². The molecule has 0 saturated carbocycles. The Kier molecular flexibility index (Phi) is 11.5. The van der Waals surface area contributed by atoms with Crippen LogP contribution in [-0.4, -0.2) is 43.7 Å². The number of hydrogen-bond acceptors (Lipinski definition) is 5. The molecule has 0 radical (unpaired) electrons. The molecule has 0 aliphatic carbocycles. The third-order valence-electron chi connectivity index (χ3n) is 4.28. The summed E-state index contributed by atoms with van der Waals surface area (Å²) in [6, 6.07) is 5.47. The van der Waals surface area contributed by atoms with Crippen molar-refractivity contribution in [1.82, 2.24) is 10.6 Å². The van der Waals surface area contributed by atoms with E-state index in [-0.39, 0.29) is 24.0 Å². The summed E-state index contributed by atoms with van der Waals surface area (Å²) >= 11 is 0. The fourth-order valence-corrected chi connectivity index (χ4v) is 2.76. The van der Waals surface area contributed by atoms with Gasteiger partial charge in [-0.25, -0.2) is 0 Å². The summed E-state index contributed by atoms with van der Waals surface area (Å²) in [6.45, 7) is 9.30. The molecular formula is C22H33N3O3. The topological polar surface area (TPSA) is 87.3 Å². The highest BCUT2D eigenvalue weighted by Crippen LogP contribution is 2.23. The number of benzene rings is 1. The molecule has 0 aliphatic heterocycles. The van der Waals surface area contributed by atoms with Gasteiger partial charge >= 0.3 is 0 Å². The lowest BCUT2D eigenvalue weighted by atomic mass is 9.98. The third kappa shape index (κ3) is 8.95. The molecule has 0 unspecified atom stereocenters. The lowest BCUT2D eigenvalue weighted by molar-refractivity contribution is -0.119. The second-order valence-corrected chi connectivity index (χ2v) is 6.79. The Morgan fingerprint density at radius 1 is 1.07 bits per heavy atom. The Balaban J connectivity index is 2.43. The number of carbonyl (C=O) groups is 3. The van der Waals surface area contributed by atoms with Gasteiger partial charge in [0.05, 0.1) is 13.1 Å². The molecule has 0 spiro atoms. The number of Topliss-reactive ketones (excluding diaryl/α,β-unsaturated/α-hetero) is 2. The van der Waals surface area contributed by atoms with Crippen molar-refractivity contribution >= 4 is 29.2 Å². The Morgan fingerprint density at radius 3 is 2.50 bits per heavy atom. The van der Waals surface area contributed by atoms with Crippen LogP contribution in [-0.2, 0) is 9.59 Å². The van der Waals surface area contributed by atoms with E-state index in [1.165, 1.54) is 0 Å². The van der Waals surface area contributed by atoms with E-state index in [2.05, 4.69) is 29.5 Å². The summed E-state index contributed by atoms with van der Waals surface area (Å²) in [5.41, 5.74) is 2.13. The fourth-order valence-electron chi connectivity index (χ4n) is 2.76. The predicted octanol–water partition coefficient (Wildman–Crippen LogP) is 3.19. The maximum Gasteiger partial charge on any atom is 0.239 e. The van der Waals surface area contributed by atoms with E-state index in [4.69, 9.17) is 0 Å². The van der Waals surface area contributed by atoms with Crippen LogP contribution < -0.4 is 16.0 Å². The van der Waals surface area contributed by atoms with Crippen LogP contribution in [0.4, 0.5) is 5.69 Å². The Bertz CT molecular complexity index is 671. The lowest BCUT2D eigenvalue weighted by Crippen LogP contribution is -2.31. The monoisotopic (exact) mass is 387 g/mol. The van der Waals surface area contributed by atoms with Gasteiger partial charge in [0.25, 0.3) is 0 Å². The molecule has 1 amide bonds. The quantitative estimate of drug-likeness (QED) is 0.318. The molecule has 1 rings (SSSR count). The number of unbranched alkanes of at least 4 members (excludes halogenated alkanes) is 2. The van der Waals surface area contributed by atoms with Crippen LogP contribution in [0.2, 0.25) is 0 Å². The first-order chi connectivity index (χ1) is 13.5. The molecule has 0 heterocycles. The first-order valence-corrected chi connectivity index (χ1v) is 9.99. The van der Waals surface area contributed by atoms with Crippen molar-refractivity contribution in [2.24, 2.45) is 0 Å². The Labute approximate surface area is 168 Å². The van der Waals surface area contributed by atoms with Crippen LogP contribution in [0.3, 0.4) is 0 Å². The zero-order valence-electron chi connectivity index (χ0n) is 17.1. The number of anilines is 1. The zero-order chi connectivity index (χ0) is 20.8. The zero-order valence-corrected chi connectivity index (χ0v) is 17.1. The summed E-state index contributed by atoms with van der Waals surface area (Å²) in [6.07, 6.45) is 5.75. The second kappa shape index (κ2) is 13.7. The largest absolute Gasteiger partial charge is 0.376 e. The molecule has 0 aliphatic rings. The Hall–Kier alpha value is -2.47. The SMILES string of the molecule is C=Cc1c(NCC(=O)NCCCCNCC(C)=O)cccc1C(=O)CCCC. The van der Waals surface area contributed by atoms with Crippen molar-refractivity contribution in [1.29, 1.82) is 0 Å². The van der Waals surface area contributed by atoms with Gasteiger partial charge in [0, 0.05) is 29.8 Å². The van der Waals surface area contributed by atoms with Gasteiger partial charge in [-0.1, -0.05) is 38.1 Å². The number of rotatable bonds is 15. The standard InChI is InChI=1S/C22H33N3O3/c1-4-6-12-21(27)19-10-9-11-20(18(19)5-2)25-16-22(28)24-14-8-7-13-23-15-17(3)26/h5,9-11,23,25H,2,4,6-8,12-16H2,1,3H3,(H,24,28). The molecule has 6 heteroatoms. The van der Waals surface area contributed by atoms with E-state index < -0.39 is 0 Å². The highest BCUT2D eigenvalue weighted by molar-refractivity contribution is 6.01. The van der Waals surface area contributed by atoms with Crippen LogP contribution >= 0.6 is 0 Å². The normalized spacial score (nSPS) is 10.4. The molecule has 1 aromatic carbocycles. The molecule has 3 N–H and O–H groups in total. The van der Waals surface area contributed by atoms with Crippen LogP contribution in [0.15, 0.2) is 24.8 Å². The second-order valence-electron chi connectivity index (χ2n) is 6.79. The van der Waals surface area contributed by atoms with Crippen molar-refractivity contribution in [3.05, 3.63) is 35.9 Å². The van der Waals surface area contributed by atoms with E-state index in [0.29, 0.717) is 25.1 Å². The van der Waals surface area contributed by atoms with Crippen LogP contribution in [0.5, 0.6) is 0 Å². The van der Waals surface area contributed by atoms with Crippen LogP contribution in [0.1, 0.15) is 61.9 Å². The summed E-state index contributed by atoms with van der Waals surface area (Å²) in [4.78, 5) is 35.2. The van der Waals surface area contributed by atoms with Crippen molar-refractivity contribution in [2.45, 2.75) is 46.0 Å². The molecular weight excluding hydrogens is 354 g/mol. The van der Waals surface area contributed by atoms with Crippen molar-refractivity contribution in [3.63, 3.8) is 0 Å². The number of carbonyl (C=O) groups excluding carboxylic acids is 3. The summed E-state index contributed by atoms with van der Waals surface area (Å²) in [7, 11) is 0. The fraction of sp³-hybridized carbons (Fsp3) is 0.500. The number of hydrogen-bond donors (Lipinski definition) is 3. The molecule has 0 fully saturated rings. The molecule has 1 aromatic rings. The van der Waals surface area contributed by atoms with Gasteiger partial charge in [-0.05, 0) is 38.8 Å². The lowest BCUT2D eigenvalue weighted by Gasteiger charge is -2.13. The molecule has 0 atom stereocenters. The molecule has 0 saturated heterocycles. The predicted molar refractivity (Wildman–Crippen MR) is 115 cm³/mol. The average molecular weight is 388 g/mol. The summed E-state index contributed by atoms with van der Waals surface area (Å²) in [5.74, 6) is 0.118. The van der Waals surface area contributed by atoms with Gasteiger partial charge < -0.3 is 16.0 Å². The molecule has 154 valence electrons. The maximum absolute atomic E-state index is 12.4. The van der Waals surface area contributed by atoms with E-state index in [1.54, 1.807) is 19.1 Å². The smallest absolute Gasteiger partial charge is 0.239 e. The van der Waals surface area contributed by atoms with E-state index >= 15 is 0 Å². The van der Waals surface area contributed by atoms with E-state index in [9.17, 15) is 14.4 Å². The highest BCUT2D eigenvalue weighted by Gasteiger charge is 2.13. The molecule has 0 bridgehead atoms. The van der Waals surface area contributed by atoms with Gasteiger partial charge in [0.1, 0.15) is 5.78 Å². The minimum atomic E-state index is -0.102. The summed E-state index contributed by atoms with van der Waals surface area (Å²) in [5, 5.41) is 9.02. The average Bonchev–Trinajstić information content (AvgIpc) is 2.68. The maximum atomic E-state index is 12.4. The van der Waals surface area contributed by atoms with Crippen molar-refractivity contribution in [3.8, 4) is 0 Å². The Morgan fingerprint density at radius 2 is 1.82 bits per heavy atom. The molecule has 28 heavy (non-hydrogen) atoms.